The van der Waals surface area contributed by atoms with Crippen LogP contribution in [0.3, 0.4) is 0 Å². The Morgan fingerprint density at radius 1 is 1.38 bits per heavy atom. The number of aromatic amines is 1. The molecule has 1 saturated heterocycles. The molecule has 1 aromatic heterocycles. The molecule has 1 fully saturated rings. The highest BCUT2D eigenvalue weighted by Gasteiger charge is 2.59. The molecule has 1 unspecified atom stereocenters. The minimum Gasteiger partial charge on any atom is -0.394 e. The fraction of sp³-hybridized carbons (Fsp3) is 0.421. The van der Waals surface area contributed by atoms with Crippen LogP contribution in [0.15, 0.2) is 40.1 Å². The molecule has 0 spiro atoms. The first kappa shape index (κ1) is 24.4. The van der Waals surface area contributed by atoms with Gasteiger partial charge in [0, 0.05) is 29.6 Å². The van der Waals surface area contributed by atoms with E-state index in [1.807, 2.05) is 6.07 Å². The number of H-pyrrole nitrogens is 1. The Bertz CT molecular complexity index is 1200. The second-order valence-electron chi connectivity index (χ2n) is 7.34. The highest BCUT2D eigenvalue weighted by molar-refractivity contribution is 7.46. The molecule has 0 radical (unpaired) electrons. The summed E-state index contributed by atoms with van der Waals surface area (Å²) in [6.07, 6.45) is -1.77. The number of aryl methyl sites for hydroxylation is 1. The Morgan fingerprint density at radius 2 is 2.06 bits per heavy atom. The number of nitrogens with zero attached hydrogens (tertiary/aromatic N) is 2. The number of aliphatic hydroxyl groups excluding tert-OH is 1. The summed E-state index contributed by atoms with van der Waals surface area (Å²) in [5, 5.41) is 19.4. The number of rotatable bonds is 7. The highest BCUT2D eigenvalue weighted by Crippen LogP contribution is 2.55. The van der Waals surface area contributed by atoms with Crippen molar-refractivity contribution in [2.75, 3.05) is 6.61 Å². The zero-order valence-corrected chi connectivity index (χ0v) is 18.5. The van der Waals surface area contributed by atoms with E-state index in [1.165, 1.54) is 19.2 Å². The Hall–Kier alpha value is -2.29. The van der Waals surface area contributed by atoms with Crippen molar-refractivity contribution in [3.8, 4) is 6.07 Å². The normalized spacial score (nSPS) is 25.6. The molecule has 0 aliphatic carbocycles. The maximum Gasteiger partial charge on any atom is 0.469 e. The van der Waals surface area contributed by atoms with Gasteiger partial charge >= 0.3 is 13.5 Å². The van der Waals surface area contributed by atoms with Crippen molar-refractivity contribution in [2.24, 2.45) is 0 Å². The quantitative estimate of drug-likeness (QED) is 0.418. The molecule has 32 heavy (non-hydrogen) atoms. The van der Waals surface area contributed by atoms with E-state index < -0.39 is 49.5 Å². The molecular weight excluding hydrogens is 465 g/mol. The lowest BCUT2D eigenvalue weighted by Crippen LogP contribution is -2.48. The fourth-order valence-electron chi connectivity index (χ4n) is 4.07. The first-order valence-corrected chi connectivity index (χ1v) is 11.4. The lowest BCUT2D eigenvalue weighted by Gasteiger charge is -2.37. The van der Waals surface area contributed by atoms with Crippen molar-refractivity contribution in [3.63, 3.8) is 0 Å². The predicted molar refractivity (Wildman–Crippen MR) is 112 cm³/mol. The van der Waals surface area contributed by atoms with Gasteiger partial charge in [-0.15, -0.1) is 0 Å². The summed E-state index contributed by atoms with van der Waals surface area (Å²) in [4.78, 5) is 46.0. The van der Waals surface area contributed by atoms with Crippen LogP contribution < -0.4 is 11.2 Å². The minimum absolute atomic E-state index is 0.133. The number of nitriles is 1. The average Bonchev–Trinajstić information content (AvgIpc) is 3.02. The number of aliphatic hydroxyl groups is 1. The van der Waals surface area contributed by atoms with E-state index in [0.717, 1.165) is 4.57 Å². The first-order valence-electron chi connectivity index (χ1n) is 9.51. The topological polar surface area (TPSA) is 175 Å². The van der Waals surface area contributed by atoms with Gasteiger partial charge in [-0.05, 0) is 18.6 Å². The van der Waals surface area contributed by atoms with Gasteiger partial charge in [0.05, 0.1) is 18.6 Å². The molecule has 0 saturated carbocycles. The highest BCUT2D eigenvalue weighted by atomic mass is 35.5. The Labute approximate surface area is 187 Å². The van der Waals surface area contributed by atoms with Crippen molar-refractivity contribution in [1.82, 2.24) is 9.55 Å². The number of hydrogen-bond donors (Lipinski definition) is 4. The first-order chi connectivity index (χ1) is 15.0. The third-order valence-electron chi connectivity index (χ3n) is 5.34. The number of hydrogen-bond acceptors (Lipinski definition) is 7. The van der Waals surface area contributed by atoms with Crippen LogP contribution in [-0.2, 0) is 19.6 Å². The van der Waals surface area contributed by atoms with Crippen LogP contribution in [0.5, 0.6) is 0 Å². The van der Waals surface area contributed by atoms with Crippen molar-refractivity contribution in [3.05, 3.63) is 67.4 Å². The van der Waals surface area contributed by atoms with Crippen LogP contribution in [-0.4, -0.2) is 43.3 Å². The number of benzene rings is 1. The SMILES string of the molecule is Cc1cn([C@]2(CCC#N)O[C@H](CO)[C@@H](OP(=O)(O)O)C2c2ccccc2Cl)c(=O)[nH]c1=O. The maximum absolute atomic E-state index is 12.9. The Morgan fingerprint density at radius 3 is 2.66 bits per heavy atom. The monoisotopic (exact) mass is 485 g/mol. The smallest absolute Gasteiger partial charge is 0.394 e. The Balaban J connectivity index is 2.37. The summed E-state index contributed by atoms with van der Waals surface area (Å²) in [5.41, 5.74) is -2.79. The molecule has 1 aromatic carbocycles. The number of phosphoric acid groups is 1. The number of aromatic nitrogens is 2. The molecule has 11 nitrogen and oxygen atoms in total. The van der Waals surface area contributed by atoms with E-state index in [2.05, 4.69) is 4.98 Å². The molecule has 172 valence electrons. The van der Waals surface area contributed by atoms with E-state index in [0.29, 0.717) is 5.56 Å². The van der Waals surface area contributed by atoms with E-state index in [1.54, 1.807) is 18.2 Å². The molecule has 4 N–H and O–H groups in total. The summed E-state index contributed by atoms with van der Waals surface area (Å²) in [6.45, 7) is 0.746. The molecule has 0 amide bonds. The van der Waals surface area contributed by atoms with Gasteiger partial charge in [-0.1, -0.05) is 29.8 Å². The molecule has 0 bridgehead atoms. The summed E-state index contributed by atoms with van der Waals surface area (Å²) in [7, 11) is -5.09. The third-order valence-corrected chi connectivity index (χ3v) is 6.20. The summed E-state index contributed by atoms with van der Waals surface area (Å²) < 4.78 is 23.9. The van der Waals surface area contributed by atoms with Crippen LogP contribution in [0, 0.1) is 18.3 Å². The molecular formula is C19H21ClN3O8P. The number of ether oxygens (including phenoxy) is 1. The van der Waals surface area contributed by atoms with Crippen molar-refractivity contribution < 1.29 is 28.7 Å². The van der Waals surface area contributed by atoms with Gasteiger partial charge in [-0.25, -0.2) is 9.36 Å². The zero-order chi connectivity index (χ0) is 23.7. The summed E-state index contributed by atoms with van der Waals surface area (Å²) in [5.74, 6) is -1.14. The zero-order valence-electron chi connectivity index (χ0n) is 16.8. The van der Waals surface area contributed by atoms with E-state index in [-0.39, 0.29) is 23.4 Å². The minimum atomic E-state index is -5.09. The van der Waals surface area contributed by atoms with Gasteiger partial charge in [0.25, 0.3) is 5.56 Å². The molecule has 13 heteroatoms. The molecule has 2 heterocycles. The second-order valence-corrected chi connectivity index (χ2v) is 8.94. The standard InChI is InChI=1S/C19H21ClN3O8P/c1-11-9-23(18(26)22-17(11)25)19(7-4-8-21)15(12-5-2-3-6-13(12)20)16(14(10-24)30-19)31-32(27,28)29/h2-3,5-6,9,14-16,24H,4,7,10H2,1H3,(H,22,25,26)(H2,27,28,29)/t14-,15?,16-,19-/m1/s1. The van der Waals surface area contributed by atoms with Gasteiger partial charge in [-0.3, -0.25) is 18.9 Å². The van der Waals surface area contributed by atoms with Crippen molar-refractivity contribution in [1.29, 1.82) is 5.26 Å². The van der Waals surface area contributed by atoms with Crippen LogP contribution in [0.2, 0.25) is 5.02 Å². The van der Waals surface area contributed by atoms with E-state index in [9.17, 15) is 34.3 Å². The average molecular weight is 486 g/mol. The largest absolute Gasteiger partial charge is 0.469 e. The third kappa shape index (κ3) is 4.58. The Kier molecular flexibility index (Phi) is 7.07. The molecule has 2 aromatic rings. The van der Waals surface area contributed by atoms with Crippen molar-refractivity contribution >= 4 is 19.4 Å². The number of phosphoric ester groups is 1. The fourth-order valence-corrected chi connectivity index (χ4v) is 4.90. The molecule has 1 aliphatic heterocycles. The van der Waals surface area contributed by atoms with E-state index in [4.69, 9.17) is 20.9 Å². The van der Waals surface area contributed by atoms with Crippen LogP contribution in [0.4, 0.5) is 0 Å². The van der Waals surface area contributed by atoms with Crippen LogP contribution in [0.1, 0.15) is 29.9 Å². The van der Waals surface area contributed by atoms with Crippen LogP contribution >= 0.6 is 19.4 Å². The molecule has 1 aliphatic rings. The van der Waals surface area contributed by atoms with Crippen molar-refractivity contribution in [2.45, 2.75) is 43.6 Å². The molecule has 4 atom stereocenters. The van der Waals surface area contributed by atoms with Gasteiger partial charge in [-0.2, -0.15) is 5.26 Å². The van der Waals surface area contributed by atoms with Gasteiger partial charge in [0.2, 0.25) is 0 Å². The number of halogens is 1. The molecule has 3 rings (SSSR count). The lowest BCUT2D eigenvalue weighted by molar-refractivity contribution is -0.127. The lowest BCUT2D eigenvalue weighted by atomic mass is 9.82. The number of nitrogens with one attached hydrogen (secondary N) is 1. The van der Waals surface area contributed by atoms with Gasteiger partial charge in [0.15, 0.2) is 5.72 Å². The maximum atomic E-state index is 12.9. The van der Waals surface area contributed by atoms with Gasteiger partial charge in [0.1, 0.15) is 12.2 Å². The summed E-state index contributed by atoms with van der Waals surface area (Å²) in [6, 6.07) is 8.32. The second kappa shape index (κ2) is 9.29. The van der Waals surface area contributed by atoms with E-state index >= 15 is 0 Å². The van der Waals surface area contributed by atoms with Crippen LogP contribution in [0.25, 0.3) is 0 Å². The predicted octanol–water partition coefficient (Wildman–Crippen LogP) is 1.11. The summed E-state index contributed by atoms with van der Waals surface area (Å²) >= 11 is 6.40. The van der Waals surface area contributed by atoms with Gasteiger partial charge < -0.3 is 19.6 Å².